The van der Waals surface area contributed by atoms with Gasteiger partial charge in [-0.3, -0.25) is 0 Å². The molecule has 0 N–H and O–H groups in total. The van der Waals surface area contributed by atoms with Crippen molar-refractivity contribution >= 4 is 23.0 Å². The smallest absolute Gasteiger partial charge is 0.130 e. The Bertz CT molecular complexity index is 662. The molecule has 3 heteroatoms. The Morgan fingerprint density at radius 2 is 1.86 bits per heavy atom. The molecule has 0 aromatic heterocycles. The number of ketones is 1. The normalized spacial score (nSPS) is 10.3. The first-order valence-corrected chi connectivity index (χ1v) is 7.58. The highest BCUT2D eigenvalue weighted by molar-refractivity contribution is 6.30. The van der Waals surface area contributed by atoms with E-state index in [1.165, 1.54) is 0 Å². The quantitative estimate of drug-likeness (QED) is 0.693. The fraction of sp³-hybridized carbons (Fsp3) is 0.211. The monoisotopic (exact) mass is 314 g/mol. The van der Waals surface area contributed by atoms with Gasteiger partial charge >= 0.3 is 0 Å². The van der Waals surface area contributed by atoms with Crippen molar-refractivity contribution in [2.75, 3.05) is 0 Å². The van der Waals surface area contributed by atoms with Gasteiger partial charge in [-0.15, -0.1) is 0 Å². The van der Waals surface area contributed by atoms with E-state index in [0.29, 0.717) is 24.5 Å². The van der Waals surface area contributed by atoms with Crippen molar-refractivity contribution in [2.45, 2.75) is 26.4 Å². The van der Waals surface area contributed by atoms with Gasteiger partial charge in [-0.2, -0.15) is 0 Å². The molecule has 0 heterocycles. The zero-order chi connectivity index (χ0) is 15.9. The number of hydrogen-bond acceptors (Lipinski definition) is 2. The van der Waals surface area contributed by atoms with Crippen molar-refractivity contribution < 1.29 is 9.53 Å². The molecular formula is C19H19ClO2. The molecule has 2 rings (SSSR count). The predicted octanol–water partition coefficient (Wildman–Crippen LogP) is 5.30. The van der Waals surface area contributed by atoms with Crippen LogP contribution in [0.3, 0.4) is 0 Å². The average molecular weight is 315 g/mol. The van der Waals surface area contributed by atoms with Crippen molar-refractivity contribution in [1.29, 1.82) is 0 Å². The van der Waals surface area contributed by atoms with E-state index in [1.54, 1.807) is 13.0 Å². The minimum atomic E-state index is 0.148. The maximum atomic E-state index is 11.1. The molecule has 0 unspecified atom stereocenters. The van der Waals surface area contributed by atoms with Gasteiger partial charge in [0.05, 0.1) is 0 Å². The van der Waals surface area contributed by atoms with Crippen molar-refractivity contribution in [3.05, 3.63) is 71.3 Å². The Morgan fingerprint density at radius 3 is 2.55 bits per heavy atom. The van der Waals surface area contributed by atoms with Crippen molar-refractivity contribution in [2.24, 2.45) is 0 Å². The summed E-state index contributed by atoms with van der Waals surface area (Å²) in [5.41, 5.74) is 2.82. The molecule has 0 aliphatic heterocycles. The third-order valence-electron chi connectivity index (χ3n) is 3.34. The van der Waals surface area contributed by atoms with E-state index in [2.05, 4.69) is 6.58 Å². The standard InChI is InChI=1S/C19H19ClO2/c1-14(8-9-15(2)21)18-12-17(20)10-11-19(18)22-13-16-6-4-3-5-7-16/h3-7,10-12H,1,8-9,13H2,2H3. The largest absolute Gasteiger partial charge is 0.488 e. The van der Waals surface area contributed by atoms with Crippen molar-refractivity contribution in [3.8, 4) is 5.75 Å². The van der Waals surface area contributed by atoms with E-state index in [0.717, 1.165) is 22.4 Å². The number of benzene rings is 2. The number of carbonyl (C=O) groups excluding carboxylic acids is 1. The maximum Gasteiger partial charge on any atom is 0.130 e. The van der Waals surface area contributed by atoms with Gasteiger partial charge in [0.15, 0.2) is 0 Å². The van der Waals surface area contributed by atoms with Crippen LogP contribution in [-0.2, 0) is 11.4 Å². The second-order valence-electron chi connectivity index (χ2n) is 5.22. The van der Waals surface area contributed by atoms with Gasteiger partial charge in [0.25, 0.3) is 0 Å². The molecule has 0 spiro atoms. The summed E-state index contributed by atoms with van der Waals surface area (Å²) in [6, 6.07) is 15.4. The van der Waals surface area contributed by atoms with E-state index in [1.807, 2.05) is 42.5 Å². The summed E-state index contributed by atoms with van der Waals surface area (Å²) >= 11 is 6.08. The fourth-order valence-corrected chi connectivity index (χ4v) is 2.27. The molecule has 2 aromatic rings. The van der Waals surface area contributed by atoms with E-state index >= 15 is 0 Å². The molecule has 0 aliphatic carbocycles. The summed E-state index contributed by atoms with van der Waals surface area (Å²) in [5, 5.41) is 0.631. The summed E-state index contributed by atoms with van der Waals surface area (Å²) < 4.78 is 5.90. The van der Waals surface area contributed by atoms with Gasteiger partial charge in [0, 0.05) is 17.0 Å². The van der Waals surface area contributed by atoms with Gasteiger partial charge in [-0.1, -0.05) is 48.5 Å². The van der Waals surface area contributed by atoms with Crippen LogP contribution in [-0.4, -0.2) is 5.78 Å². The highest BCUT2D eigenvalue weighted by Gasteiger charge is 2.10. The molecule has 22 heavy (non-hydrogen) atoms. The van der Waals surface area contributed by atoms with Crippen LogP contribution in [0.25, 0.3) is 5.57 Å². The van der Waals surface area contributed by atoms with Gasteiger partial charge in [-0.05, 0) is 42.7 Å². The first-order chi connectivity index (χ1) is 10.6. The van der Waals surface area contributed by atoms with Crippen LogP contribution in [0.5, 0.6) is 5.75 Å². The molecular weight excluding hydrogens is 296 g/mol. The second-order valence-corrected chi connectivity index (χ2v) is 5.66. The lowest BCUT2D eigenvalue weighted by molar-refractivity contribution is -0.116. The highest BCUT2D eigenvalue weighted by Crippen LogP contribution is 2.31. The molecule has 0 saturated carbocycles. The third kappa shape index (κ3) is 4.74. The number of carbonyl (C=O) groups is 1. The van der Waals surface area contributed by atoms with Gasteiger partial charge in [0.2, 0.25) is 0 Å². The number of Topliss-reactive ketones (excluding diaryl/α,β-unsaturated/α-hetero) is 1. The van der Waals surface area contributed by atoms with Crippen LogP contribution >= 0.6 is 11.6 Å². The Labute approximate surface area is 136 Å². The first-order valence-electron chi connectivity index (χ1n) is 7.20. The SMILES string of the molecule is C=C(CCC(C)=O)c1cc(Cl)ccc1OCc1ccccc1. The Morgan fingerprint density at radius 1 is 1.14 bits per heavy atom. The molecule has 0 amide bonds. The lowest BCUT2D eigenvalue weighted by Gasteiger charge is -2.14. The van der Waals surface area contributed by atoms with Gasteiger partial charge in [-0.25, -0.2) is 0 Å². The van der Waals surface area contributed by atoms with E-state index in [9.17, 15) is 4.79 Å². The van der Waals surface area contributed by atoms with Crippen molar-refractivity contribution in [1.82, 2.24) is 0 Å². The molecule has 0 aliphatic rings. The highest BCUT2D eigenvalue weighted by atomic mass is 35.5. The van der Waals surface area contributed by atoms with E-state index < -0.39 is 0 Å². The molecule has 2 nitrogen and oxygen atoms in total. The average Bonchev–Trinajstić information content (AvgIpc) is 2.52. The summed E-state index contributed by atoms with van der Waals surface area (Å²) in [6.45, 7) is 6.13. The fourth-order valence-electron chi connectivity index (χ4n) is 2.10. The first kappa shape index (κ1) is 16.3. The maximum absolute atomic E-state index is 11.1. The zero-order valence-electron chi connectivity index (χ0n) is 12.6. The van der Waals surface area contributed by atoms with E-state index in [-0.39, 0.29) is 5.78 Å². The molecule has 0 radical (unpaired) electrons. The lowest BCUT2D eigenvalue weighted by Crippen LogP contribution is -1.99. The number of rotatable bonds is 7. The molecule has 114 valence electrons. The Kier molecular flexibility index (Phi) is 5.79. The predicted molar refractivity (Wildman–Crippen MR) is 91.2 cm³/mol. The van der Waals surface area contributed by atoms with Crippen LogP contribution in [0.4, 0.5) is 0 Å². The van der Waals surface area contributed by atoms with Gasteiger partial charge in [0.1, 0.15) is 18.1 Å². The van der Waals surface area contributed by atoms with Crippen LogP contribution in [0.15, 0.2) is 55.1 Å². The third-order valence-corrected chi connectivity index (χ3v) is 3.57. The minimum absolute atomic E-state index is 0.148. The second kappa shape index (κ2) is 7.81. The summed E-state index contributed by atoms with van der Waals surface area (Å²) in [4.78, 5) is 11.1. The molecule has 2 aromatic carbocycles. The molecule has 0 atom stereocenters. The molecule has 0 saturated heterocycles. The molecule has 0 fully saturated rings. The summed E-state index contributed by atoms with van der Waals surface area (Å²) in [6.07, 6.45) is 1.08. The number of halogens is 1. The molecule has 0 bridgehead atoms. The van der Waals surface area contributed by atoms with Crippen LogP contribution in [0.1, 0.15) is 30.9 Å². The Hall–Kier alpha value is -2.06. The van der Waals surface area contributed by atoms with Gasteiger partial charge < -0.3 is 9.53 Å². The zero-order valence-corrected chi connectivity index (χ0v) is 13.4. The number of ether oxygens (including phenoxy) is 1. The summed E-state index contributed by atoms with van der Waals surface area (Å²) in [5.74, 6) is 0.886. The minimum Gasteiger partial charge on any atom is -0.488 e. The lowest BCUT2D eigenvalue weighted by atomic mass is 10.0. The Balaban J connectivity index is 2.13. The number of allylic oxidation sites excluding steroid dienone is 1. The number of hydrogen-bond donors (Lipinski definition) is 0. The van der Waals surface area contributed by atoms with E-state index in [4.69, 9.17) is 16.3 Å². The van der Waals surface area contributed by atoms with Crippen LogP contribution in [0.2, 0.25) is 5.02 Å². The van der Waals surface area contributed by atoms with Crippen molar-refractivity contribution in [3.63, 3.8) is 0 Å². The topological polar surface area (TPSA) is 26.3 Å². The summed E-state index contributed by atoms with van der Waals surface area (Å²) in [7, 11) is 0. The van der Waals surface area contributed by atoms with Crippen LogP contribution in [0, 0.1) is 0 Å². The van der Waals surface area contributed by atoms with Crippen LogP contribution < -0.4 is 4.74 Å².